The molecule has 2 aromatic carbocycles. The maximum atomic E-state index is 5.41. The van der Waals surface area contributed by atoms with E-state index in [1.165, 1.54) is 0 Å². The highest BCUT2D eigenvalue weighted by molar-refractivity contribution is 5.79. The Morgan fingerprint density at radius 1 is 0.862 bits per heavy atom. The van der Waals surface area contributed by atoms with Gasteiger partial charge in [0, 0.05) is 13.1 Å². The fraction of sp³-hybridized carbons (Fsp3) is 0.409. The zero-order valence-corrected chi connectivity index (χ0v) is 17.9. The Balaban J connectivity index is 2.07. The van der Waals surface area contributed by atoms with Crippen molar-refractivity contribution in [2.45, 2.75) is 19.9 Å². The highest BCUT2D eigenvalue weighted by atomic mass is 16.5. The molecule has 2 rings (SSSR count). The van der Waals surface area contributed by atoms with Crippen LogP contribution in [0.1, 0.15) is 18.1 Å². The number of rotatable bonds is 10. The molecule has 0 atom stereocenters. The van der Waals surface area contributed by atoms with Crippen LogP contribution in [0.3, 0.4) is 0 Å². The highest BCUT2D eigenvalue weighted by Crippen LogP contribution is 2.38. The zero-order chi connectivity index (χ0) is 21.1. The van der Waals surface area contributed by atoms with Gasteiger partial charge in [-0.3, -0.25) is 0 Å². The summed E-state index contributed by atoms with van der Waals surface area (Å²) in [6.45, 7) is 4.02. The maximum Gasteiger partial charge on any atom is 0.203 e. The van der Waals surface area contributed by atoms with Crippen molar-refractivity contribution >= 4 is 5.96 Å². The van der Waals surface area contributed by atoms with Crippen molar-refractivity contribution in [1.82, 2.24) is 10.6 Å². The third-order valence-electron chi connectivity index (χ3n) is 4.37. The lowest BCUT2D eigenvalue weighted by Crippen LogP contribution is -2.38. The fourth-order valence-corrected chi connectivity index (χ4v) is 2.96. The summed E-state index contributed by atoms with van der Waals surface area (Å²) in [5, 5.41) is 6.63. The molecule has 0 radical (unpaired) electrons. The van der Waals surface area contributed by atoms with E-state index < -0.39 is 0 Å². The van der Waals surface area contributed by atoms with Gasteiger partial charge < -0.3 is 29.6 Å². The quantitative estimate of drug-likeness (QED) is 0.471. The molecule has 7 nitrogen and oxygen atoms in total. The SMILES string of the molecule is CCNC(=NCc1cc(OC)c(OC)c(OC)c1)NCCc1ccccc1OC. The Labute approximate surface area is 173 Å². The minimum atomic E-state index is 0.473. The lowest BCUT2D eigenvalue weighted by Gasteiger charge is -2.15. The summed E-state index contributed by atoms with van der Waals surface area (Å²) >= 11 is 0. The number of hydrogen-bond donors (Lipinski definition) is 2. The smallest absolute Gasteiger partial charge is 0.203 e. The molecular formula is C22H31N3O4. The summed E-state index contributed by atoms with van der Waals surface area (Å²) in [7, 11) is 6.49. The molecule has 158 valence electrons. The van der Waals surface area contributed by atoms with Crippen LogP contribution in [0.2, 0.25) is 0 Å². The van der Waals surface area contributed by atoms with Crippen LogP contribution in [0.15, 0.2) is 41.4 Å². The molecule has 0 aliphatic rings. The van der Waals surface area contributed by atoms with Crippen LogP contribution in [0.25, 0.3) is 0 Å². The van der Waals surface area contributed by atoms with Gasteiger partial charge in [0.25, 0.3) is 0 Å². The molecule has 2 N–H and O–H groups in total. The van der Waals surface area contributed by atoms with E-state index in [0.717, 1.165) is 42.3 Å². The van der Waals surface area contributed by atoms with E-state index >= 15 is 0 Å². The number of methoxy groups -OCH3 is 4. The third kappa shape index (κ3) is 6.20. The number of hydrogen-bond acceptors (Lipinski definition) is 5. The normalized spacial score (nSPS) is 11.0. The summed E-state index contributed by atoms with van der Waals surface area (Å²) < 4.78 is 21.6. The van der Waals surface area contributed by atoms with Gasteiger partial charge in [0.1, 0.15) is 5.75 Å². The van der Waals surface area contributed by atoms with Crippen molar-refractivity contribution in [2.75, 3.05) is 41.5 Å². The van der Waals surface area contributed by atoms with Crippen molar-refractivity contribution < 1.29 is 18.9 Å². The Kier molecular flexibility index (Phi) is 8.95. The molecule has 0 spiro atoms. The minimum Gasteiger partial charge on any atom is -0.496 e. The van der Waals surface area contributed by atoms with E-state index in [0.29, 0.717) is 23.8 Å². The van der Waals surface area contributed by atoms with Crippen molar-refractivity contribution in [3.8, 4) is 23.0 Å². The molecule has 7 heteroatoms. The zero-order valence-electron chi connectivity index (χ0n) is 17.9. The van der Waals surface area contributed by atoms with Crippen LogP contribution in [0.4, 0.5) is 0 Å². The number of ether oxygens (including phenoxy) is 4. The van der Waals surface area contributed by atoms with Crippen LogP contribution in [-0.4, -0.2) is 47.5 Å². The van der Waals surface area contributed by atoms with E-state index in [1.807, 2.05) is 37.3 Å². The average molecular weight is 402 g/mol. The van der Waals surface area contributed by atoms with Crippen molar-refractivity contribution in [1.29, 1.82) is 0 Å². The molecule has 29 heavy (non-hydrogen) atoms. The van der Waals surface area contributed by atoms with Gasteiger partial charge in [0.05, 0.1) is 35.0 Å². The molecule has 0 heterocycles. The van der Waals surface area contributed by atoms with Crippen LogP contribution in [-0.2, 0) is 13.0 Å². The van der Waals surface area contributed by atoms with Gasteiger partial charge in [-0.1, -0.05) is 18.2 Å². The maximum absolute atomic E-state index is 5.41. The summed E-state index contributed by atoms with van der Waals surface area (Å²) in [5.74, 6) is 3.45. The first kappa shape index (κ1) is 22.2. The lowest BCUT2D eigenvalue weighted by molar-refractivity contribution is 0.324. The van der Waals surface area contributed by atoms with Crippen LogP contribution in [0.5, 0.6) is 23.0 Å². The molecule has 2 aromatic rings. The van der Waals surface area contributed by atoms with E-state index in [9.17, 15) is 0 Å². The van der Waals surface area contributed by atoms with Gasteiger partial charge in [0.2, 0.25) is 5.75 Å². The van der Waals surface area contributed by atoms with E-state index in [2.05, 4.69) is 21.7 Å². The number of aliphatic imine (C=N–C) groups is 1. The number of nitrogens with one attached hydrogen (secondary N) is 2. The van der Waals surface area contributed by atoms with Gasteiger partial charge in [0.15, 0.2) is 17.5 Å². The number of nitrogens with zero attached hydrogens (tertiary/aromatic N) is 1. The molecule has 0 unspecified atom stereocenters. The first-order chi connectivity index (χ1) is 14.2. The summed E-state index contributed by atoms with van der Waals surface area (Å²) in [6.07, 6.45) is 0.832. The molecule has 0 saturated carbocycles. The van der Waals surface area contributed by atoms with E-state index in [-0.39, 0.29) is 0 Å². The molecule has 0 aliphatic heterocycles. The van der Waals surface area contributed by atoms with E-state index in [4.69, 9.17) is 18.9 Å². The molecule has 0 fully saturated rings. The molecular weight excluding hydrogens is 370 g/mol. The van der Waals surface area contributed by atoms with Crippen LogP contribution >= 0.6 is 0 Å². The van der Waals surface area contributed by atoms with Gasteiger partial charge in [-0.15, -0.1) is 0 Å². The predicted octanol–water partition coefficient (Wildman–Crippen LogP) is 3.02. The van der Waals surface area contributed by atoms with Crippen LogP contribution in [0, 0.1) is 0 Å². The molecule has 0 amide bonds. The van der Waals surface area contributed by atoms with Crippen LogP contribution < -0.4 is 29.6 Å². The second-order valence-electron chi connectivity index (χ2n) is 6.22. The summed E-state index contributed by atoms with van der Waals surface area (Å²) in [6, 6.07) is 11.8. The number of benzene rings is 2. The lowest BCUT2D eigenvalue weighted by atomic mass is 10.1. The fourth-order valence-electron chi connectivity index (χ4n) is 2.96. The standard InChI is InChI=1S/C22H31N3O4/c1-6-23-22(24-12-11-17-9-7-8-10-18(17)26-2)25-15-16-13-19(27-3)21(29-5)20(14-16)28-4/h7-10,13-14H,6,11-12,15H2,1-5H3,(H2,23,24,25). The summed E-state index contributed by atoms with van der Waals surface area (Å²) in [5.41, 5.74) is 2.12. The summed E-state index contributed by atoms with van der Waals surface area (Å²) in [4.78, 5) is 4.68. The molecule has 0 aliphatic carbocycles. The van der Waals surface area contributed by atoms with Gasteiger partial charge in [-0.05, 0) is 42.7 Å². The highest BCUT2D eigenvalue weighted by Gasteiger charge is 2.13. The monoisotopic (exact) mass is 401 g/mol. The van der Waals surface area contributed by atoms with Crippen molar-refractivity contribution in [3.05, 3.63) is 47.5 Å². The number of guanidine groups is 1. The Hall–Kier alpha value is -3.09. The second kappa shape index (κ2) is 11.7. The topological polar surface area (TPSA) is 73.3 Å². The third-order valence-corrected chi connectivity index (χ3v) is 4.37. The second-order valence-corrected chi connectivity index (χ2v) is 6.22. The minimum absolute atomic E-state index is 0.473. The van der Waals surface area contributed by atoms with Crippen molar-refractivity contribution in [2.24, 2.45) is 4.99 Å². The first-order valence-electron chi connectivity index (χ1n) is 9.59. The average Bonchev–Trinajstić information content (AvgIpc) is 2.76. The molecule has 0 bridgehead atoms. The number of para-hydroxylation sites is 1. The largest absolute Gasteiger partial charge is 0.496 e. The Morgan fingerprint density at radius 3 is 2.10 bits per heavy atom. The molecule has 0 saturated heterocycles. The Morgan fingerprint density at radius 2 is 1.52 bits per heavy atom. The first-order valence-corrected chi connectivity index (χ1v) is 9.59. The predicted molar refractivity (Wildman–Crippen MR) is 116 cm³/mol. The Bertz CT molecular complexity index is 783. The van der Waals surface area contributed by atoms with Gasteiger partial charge in [-0.25, -0.2) is 4.99 Å². The van der Waals surface area contributed by atoms with Crippen molar-refractivity contribution in [3.63, 3.8) is 0 Å². The van der Waals surface area contributed by atoms with Gasteiger partial charge in [-0.2, -0.15) is 0 Å². The van der Waals surface area contributed by atoms with Gasteiger partial charge >= 0.3 is 0 Å². The molecule has 0 aromatic heterocycles. The van der Waals surface area contributed by atoms with E-state index in [1.54, 1.807) is 28.4 Å².